The van der Waals surface area contributed by atoms with Gasteiger partial charge in [-0.25, -0.2) is 8.78 Å². The third-order valence-corrected chi connectivity index (χ3v) is 6.49. The molecule has 0 aromatic heterocycles. The fourth-order valence-corrected chi connectivity index (χ4v) is 4.71. The maximum Gasteiger partial charge on any atom is 0.110 e. The van der Waals surface area contributed by atoms with E-state index < -0.39 is 18.3 Å². The van der Waals surface area contributed by atoms with Gasteiger partial charge >= 0.3 is 0 Å². The quantitative estimate of drug-likeness (QED) is 0.406. The summed E-state index contributed by atoms with van der Waals surface area (Å²) in [4.78, 5) is 2.55. The van der Waals surface area contributed by atoms with Gasteiger partial charge in [0.2, 0.25) is 0 Å². The highest BCUT2D eigenvalue weighted by Gasteiger charge is 2.34. The number of alkyl halides is 2. The van der Waals surface area contributed by atoms with Gasteiger partial charge in [0.05, 0.1) is 6.07 Å². The van der Waals surface area contributed by atoms with Crippen molar-refractivity contribution in [2.75, 3.05) is 6.54 Å². The van der Waals surface area contributed by atoms with Crippen molar-refractivity contribution in [1.29, 1.82) is 5.26 Å². The van der Waals surface area contributed by atoms with Crippen LogP contribution in [-0.4, -0.2) is 29.8 Å². The number of aryl methyl sites for hydroxylation is 1. The minimum absolute atomic E-state index is 0.485. The maximum atomic E-state index is 14.2. The zero-order chi connectivity index (χ0) is 23.3. The van der Waals surface area contributed by atoms with Crippen LogP contribution in [0.2, 0.25) is 0 Å². The van der Waals surface area contributed by atoms with Crippen LogP contribution in [0.25, 0.3) is 0 Å². The molecule has 3 atom stereocenters. The molecule has 0 amide bonds. The highest BCUT2D eigenvalue weighted by Crippen LogP contribution is 2.37. The number of nitriles is 1. The number of rotatable bonds is 9. The molecule has 1 aliphatic carbocycles. The molecule has 32 heavy (non-hydrogen) atoms. The Morgan fingerprint density at radius 2 is 1.56 bits per heavy atom. The molecule has 0 radical (unpaired) electrons. The predicted octanol–water partition coefficient (Wildman–Crippen LogP) is 7.39. The van der Waals surface area contributed by atoms with Crippen LogP contribution in [-0.2, 0) is 13.0 Å². The maximum absolute atomic E-state index is 14.2. The van der Waals surface area contributed by atoms with E-state index in [0.717, 1.165) is 37.9 Å². The van der Waals surface area contributed by atoms with Gasteiger partial charge in [-0.2, -0.15) is 5.26 Å². The van der Waals surface area contributed by atoms with Crippen LogP contribution < -0.4 is 0 Å². The highest BCUT2D eigenvalue weighted by atomic mass is 19.1. The molecule has 1 aliphatic rings. The molecule has 1 fully saturated rings. The summed E-state index contributed by atoms with van der Waals surface area (Å²) in [6.07, 6.45) is 2.73. The van der Waals surface area contributed by atoms with Crippen LogP contribution >= 0.6 is 0 Å². The Morgan fingerprint density at radius 3 is 2.09 bits per heavy atom. The molecule has 1 saturated carbocycles. The van der Waals surface area contributed by atoms with E-state index in [1.54, 1.807) is 6.07 Å². The molecule has 4 heteroatoms. The molecule has 3 unspecified atom stereocenters. The number of nitrogens with zero attached hydrogens (tertiary/aromatic N) is 2. The van der Waals surface area contributed by atoms with Crippen LogP contribution in [0.4, 0.5) is 8.78 Å². The minimum atomic E-state index is -1.05. The first-order chi connectivity index (χ1) is 15.5. The lowest BCUT2D eigenvalue weighted by molar-refractivity contribution is 0.124. The second kappa shape index (κ2) is 14.0. The smallest absolute Gasteiger partial charge is 0.110 e. The summed E-state index contributed by atoms with van der Waals surface area (Å²) in [6.45, 7) is 7.93. The van der Waals surface area contributed by atoms with Crippen molar-refractivity contribution in [3.05, 3.63) is 71.3 Å². The Labute approximate surface area is 193 Å². The lowest BCUT2D eigenvalue weighted by Gasteiger charge is -2.31. The van der Waals surface area contributed by atoms with Crippen LogP contribution in [0.15, 0.2) is 54.6 Å². The summed E-state index contributed by atoms with van der Waals surface area (Å²) in [7, 11) is 0. The second-order valence-electron chi connectivity index (χ2n) is 8.60. The normalized spacial score (nSPS) is 21.3. The van der Waals surface area contributed by atoms with E-state index >= 15 is 0 Å². The SMILES string of the molecule is CC#N.CCC(CCc1ccc(C2C(F)CCCC2F)cc1)N(CC)Cc1ccccc1. The first-order valence-corrected chi connectivity index (χ1v) is 12.0. The Hall–Kier alpha value is -2.25. The Balaban J connectivity index is 0.00000114. The molecular weight excluding hydrogens is 402 g/mol. The van der Waals surface area contributed by atoms with Gasteiger partial charge in [-0.15, -0.1) is 0 Å². The summed E-state index contributed by atoms with van der Waals surface area (Å²) < 4.78 is 28.5. The van der Waals surface area contributed by atoms with E-state index in [2.05, 4.69) is 61.2 Å². The zero-order valence-corrected chi connectivity index (χ0v) is 19.8. The van der Waals surface area contributed by atoms with Gasteiger partial charge in [0.25, 0.3) is 0 Å². The van der Waals surface area contributed by atoms with Gasteiger partial charge in [-0.1, -0.05) is 68.4 Å². The molecule has 2 aromatic carbocycles. The summed E-state index contributed by atoms with van der Waals surface area (Å²) >= 11 is 0. The average molecular weight is 441 g/mol. The van der Waals surface area contributed by atoms with E-state index in [-0.39, 0.29) is 0 Å². The molecule has 0 aliphatic heterocycles. The van der Waals surface area contributed by atoms with Crippen LogP contribution in [0.5, 0.6) is 0 Å². The monoisotopic (exact) mass is 440 g/mol. The van der Waals surface area contributed by atoms with Crippen molar-refractivity contribution in [2.45, 2.75) is 90.1 Å². The molecule has 174 valence electrons. The van der Waals surface area contributed by atoms with Gasteiger partial charge in [0.1, 0.15) is 12.3 Å². The average Bonchev–Trinajstić information content (AvgIpc) is 2.80. The first kappa shape index (κ1) is 26.0. The molecule has 0 heterocycles. The summed E-state index contributed by atoms with van der Waals surface area (Å²) in [5, 5.41) is 7.32. The number of benzene rings is 2. The van der Waals surface area contributed by atoms with Crippen molar-refractivity contribution in [2.24, 2.45) is 0 Å². The molecule has 0 spiro atoms. The molecule has 3 rings (SSSR count). The summed E-state index contributed by atoms with van der Waals surface area (Å²) in [5.74, 6) is -0.581. The predicted molar refractivity (Wildman–Crippen MR) is 129 cm³/mol. The number of hydrogen-bond acceptors (Lipinski definition) is 2. The second-order valence-corrected chi connectivity index (χ2v) is 8.60. The van der Waals surface area contributed by atoms with Crippen molar-refractivity contribution in [3.8, 4) is 6.07 Å². The molecule has 0 N–H and O–H groups in total. The minimum Gasteiger partial charge on any atom is -0.296 e. The standard InChI is InChI=1S/C26H35F2N.C2H3N/c1-3-23(29(4-2)19-21-9-6-5-7-10-21)18-15-20-13-16-22(17-14-20)26-24(27)11-8-12-25(26)28;1-2-3/h5-7,9-10,13-14,16-17,23-26H,3-4,8,11-12,15,18-19H2,1-2H3;1H3. The van der Waals surface area contributed by atoms with E-state index in [1.165, 1.54) is 18.1 Å². The Morgan fingerprint density at radius 1 is 0.969 bits per heavy atom. The summed E-state index contributed by atoms with van der Waals surface area (Å²) in [6, 6.07) is 21.0. The molecule has 2 nitrogen and oxygen atoms in total. The summed E-state index contributed by atoms with van der Waals surface area (Å²) in [5.41, 5.74) is 3.43. The first-order valence-electron chi connectivity index (χ1n) is 12.0. The lowest BCUT2D eigenvalue weighted by atomic mass is 9.81. The molecule has 0 saturated heterocycles. The van der Waals surface area contributed by atoms with Gasteiger partial charge < -0.3 is 0 Å². The molecule has 0 bridgehead atoms. The fraction of sp³-hybridized carbons (Fsp3) is 0.536. The third-order valence-electron chi connectivity index (χ3n) is 6.49. The van der Waals surface area contributed by atoms with Gasteiger partial charge in [-0.3, -0.25) is 4.90 Å². The van der Waals surface area contributed by atoms with E-state index in [1.807, 2.05) is 12.1 Å². The van der Waals surface area contributed by atoms with Crippen LogP contribution in [0.1, 0.15) is 75.5 Å². The van der Waals surface area contributed by atoms with Crippen molar-refractivity contribution in [1.82, 2.24) is 4.90 Å². The number of hydrogen-bond donors (Lipinski definition) is 0. The van der Waals surface area contributed by atoms with E-state index in [4.69, 9.17) is 5.26 Å². The Kier molecular flexibility index (Phi) is 11.4. The number of halogens is 2. The lowest BCUT2D eigenvalue weighted by Crippen LogP contribution is -2.34. The molecular formula is C28H38F2N2. The van der Waals surface area contributed by atoms with Gasteiger partial charge in [-0.05, 0) is 61.8 Å². The zero-order valence-electron chi connectivity index (χ0n) is 19.8. The largest absolute Gasteiger partial charge is 0.296 e. The Bertz CT molecular complexity index is 790. The van der Waals surface area contributed by atoms with Gasteiger partial charge in [0.15, 0.2) is 0 Å². The van der Waals surface area contributed by atoms with E-state index in [0.29, 0.717) is 25.3 Å². The topological polar surface area (TPSA) is 27.0 Å². The van der Waals surface area contributed by atoms with Crippen molar-refractivity contribution >= 4 is 0 Å². The van der Waals surface area contributed by atoms with Crippen molar-refractivity contribution in [3.63, 3.8) is 0 Å². The highest BCUT2D eigenvalue weighted by molar-refractivity contribution is 5.28. The third kappa shape index (κ3) is 7.71. The van der Waals surface area contributed by atoms with E-state index in [9.17, 15) is 8.78 Å². The van der Waals surface area contributed by atoms with Crippen LogP contribution in [0, 0.1) is 11.3 Å². The fourth-order valence-electron chi connectivity index (χ4n) is 4.71. The van der Waals surface area contributed by atoms with Crippen LogP contribution in [0.3, 0.4) is 0 Å². The van der Waals surface area contributed by atoms with Gasteiger partial charge in [0, 0.05) is 25.4 Å². The molecule has 2 aromatic rings. The van der Waals surface area contributed by atoms with Crippen molar-refractivity contribution < 1.29 is 8.78 Å².